The first-order valence-electron chi connectivity index (χ1n) is 9.95. The van der Waals surface area contributed by atoms with Gasteiger partial charge in [-0.3, -0.25) is 14.5 Å². The molecule has 1 unspecified atom stereocenters. The smallest absolute Gasteiger partial charge is 0.289 e. The number of aliphatic hydroxyl groups excluding tert-OH is 1. The number of carbonyl (C=O) groups excluding carboxylic acids is 2. The van der Waals surface area contributed by atoms with Crippen LogP contribution in [0.5, 0.6) is 0 Å². The van der Waals surface area contributed by atoms with Gasteiger partial charge in [0.25, 0.3) is 5.24 Å². The Bertz CT molecular complexity index is 1130. The first kappa shape index (κ1) is 20.2. The third-order valence-electron chi connectivity index (χ3n) is 5.21. The van der Waals surface area contributed by atoms with Crippen LogP contribution in [-0.4, -0.2) is 61.9 Å². The van der Waals surface area contributed by atoms with E-state index in [2.05, 4.69) is 9.97 Å². The number of nitrogens with zero attached hydrogens (tertiary/aromatic N) is 3. The minimum atomic E-state index is -1.15. The number of rotatable bonds is 5. The molecule has 3 aromatic rings. The number of carbonyl (C=O) groups is 2. The van der Waals surface area contributed by atoms with E-state index in [1.165, 1.54) is 16.7 Å². The summed E-state index contributed by atoms with van der Waals surface area (Å²) < 4.78 is 5.82. The standard InChI is InChI=1S/C21H20N4O4S2/c26-17(24-9-3-4-10-24)12-25-19(27)16(30-21(25)28)11-13-7-8-18(29-13)31-20-22-14-5-1-2-6-15(14)23-20/h1-2,5-8,11,19,27H,3-4,9-10,12H2,(H,22,23)/b16-11-. The largest absolute Gasteiger partial charge is 0.450 e. The zero-order valence-electron chi connectivity index (χ0n) is 16.5. The van der Waals surface area contributed by atoms with Gasteiger partial charge in [-0.2, -0.15) is 0 Å². The summed E-state index contributed by atoms with van der Waals surface area (Å²) in [7, 11) is 0. The van der Waals surface area contributed by atoms with Crippen molar-refractivity contribution in [3.05, 3.63) is 47.1 Å². The number of H-pyrrole nitrogens is 1. The second-order valence-electron chi connectivity index (χ2n) is 7.32. The summed E-state index contributed by atoms with van der Waals surface area (Å²) in [5.41, 5.74) is 1.83. The minimum Gasteiger partial charge on any atom is -0.450 e. The topological polar surface area (TPSA) is 103 Å². The van der Waals surface area contributed by atoms with Crippen LogP contribution in [0.2, 0.25) is 0 Å². The van der Waals surface area contributed by atoms with Gasteiger partial charge in [-0.25, -0.2) is 4.98 Å². The SMILES string of the molecule is O=C(CN1C(=O)S/C(=C\c2ccc(Sc3nc4ccccc4[nH]3)o2)C1O)N1CCCC1. The highest BCUT2D eigenvalue weighted by molar-refractivity contribution is 8.17. The maximum absolute atomic E-state index is 12.4. The number of para-hydroxylation sites is 2. The molecule has 0 bridgehead atoms. The summed E-state index contributed by atoms with van der Waals surface area (Å²) in [6.45, 7) is 1.31. The van der Waals surface area contributed by atoms with E-state index < -0.39 is 6.23 Å². The van der Waals surface area contributed by atoms with Crippen molar-refractivity contribution in [3.8, 4) is 0 Å². The van der Waals surface area contributed by atoms with Gasteiger partial charge in [0.2, 0.25) is 5.91 Å². The highest BCUT2D eigenvalue weighted by Crippen LogP contribution is 2.36. The van der Waals surface area contributed by atoms with Crippen LogP contribution >= 0.6 is 23.5 Å². The number of aromatic nitrogens is 2. The second kappa shape index (κ2) is 8.45. The number of aromatic amines is 1. The number of hydrogen-bond acceptors (Lipinski definition) is 7. The molecule has 31 heavy (non-hydrogen) atoms. The summed E-state index contributed by atoms with van der Waals surface area (Å²) in [4.78, 5) is 35.8. The van der Waals surface area contributed by atoms with E-state index in [1.807, 2.05) is 30.3 Å². The number of nitrogens with one attached hydrogen (secondary N) is 1. The number of amides is 2. The molecule has 2 aliphatic heterocycles. The van der Waals surface area contributed by atoms with Crippen molar-refractivity contribution in [1.82, 2.24) is 19.8 Å². The molecule has 2 aromatic heterocycles. The first-order valence-corrected chi connectivity index (χ1v) is 11.6. The van der Waals surface area contributed by atoms with Crippen molar-refractivity contribution in [2.75, 3.05) is 19.6 Å². The third-order valence-corrected chi connectivity index (χ3v) is 6.99. The molecule has 5 rings (SSSR count). The maximum Gasteiger partial charge on any atom is 0.289 e. The Labute approximate surface area is 186 Å². The van der Waals surface area contributed by atoms with Gasteiger partial charge in [-0.1, -0.05) is 12.1 Å². The van der Waals surface area contributed by atoms with Gasteiger partial charge >= 0.3 is 0 Å². The number of likely N-dealkylation sites (tertiary alicyclic amines) is 1. The van der Waals surface area contributed by atoms with Crippen LogP contribution in [0.3, 0.4) is 0 Å². The van der Waals surface area contributed by atoms with Gasteiger partial charge in [0.05, 0.1) is 11.0 Å². The molecule has 0 aliphatic carbocycles. The van der Waals surface area contributed by atoms with Crippen LogP contribution in [0, 0.1) is 0 Å². The highest BCUT2D eigenvalue weighted by atomic mass is 32.2. The number of fused-ring (bicyclic) bond motifs is 1. The predicted octanol–water partition coefficient (Wildman–Crippen LogP) is 3.76. The summed E-state index contributed by atoms with van der Waals surface area (Å²) >= 11 is 2.28. The quantitative estimate of drug-likeness (QED) is 0.603. The highest BCUT2D eigenvalue weighted by Gasteiger charge is 2.37. The zero-order chi connectivity index (χ0) is 21.4. The lowest BCUT2D eigenvalue weighted by Crippen LogP contribution is -2.42. The Morgan fingerprint density at radius 3 is 2.90 bits per heavy atom. The molecular weight excluding hydrogens is 436 g/mol. The van der Waals surface area contributed by atoms with E-state index in [1.54, 1.807) is 17.0 Å². The molecule has 2 N–H and O–H groups in total. The lowest BCUT2D eigenvalue weighted by atomic mass is 10.3. The lowest BCUT2D eigenvalue weighted by Gasteiger charge is -2.22. The van der Waals surface area contributed by atoms with E-state index in [0.717, 1.165) is 35.6 Å². The molecule has 160 valence electrons. The number of imidazole rings is 1. The fraction of sp³-hybridized carbons (Fsp3) is 0.286. The summed E-state index contributed by atoms with van der Waals surface area (Å²) in [5, 5.41) is 11.6. The Kier molecular flexibility index (Phi) is 5.51. The van der Waals surface area contributed by atoms with Gasteiger partial charge in [0, 0.05) is 18.0 Å². The van der Waals surface area contributed by atoms with Gasteiger partial charge in [-0.05, 0) is 66.7 Å². The molecule has 1 aromatic carbocycles. The summed E-state index contributed by atoms with van der Waals surface area (Å²) in [6.07, 6.45) is 2.45. The molecule has 0 spiro atoms. The predicted molar refractivity (Wildman–Crippen MR) is 118 cm³/mol. The van der Waals surface area contributed by atoms with Crippen molar-refractivity contribution in [2.24, 2.45) is 0 Å². The Morgan fingerprint density at radius 2 is 2.10 bits per heavy atom. The molecule has 2 fully saturated rings. The van der Waals surface area contributed by atoms with Crippen LogP contribution in [0.25, 0.3) is 17.1 Å². The average molecular weight is 457 g/mol. The Morgan fingerprint density at radius 1 is 1.29 bits per heavy atom. The van der Waals surface area contributed by atoms with Crippen molar-refractivity contribution < 1.29 is 19.1 Å². The third kappa shape index (κ3) is 4.23. The zero-order valence-corrected chi connectivity index (χ0v) is 18.1. The molecule has 8 nitrogen and oxygen atoms in total. The monoisotopic (exact) mass is 456 g/mol. The van der Waals surface area contributed by atoms with Crippen LogP contribution in [0.15, 0.2) is 56.0 Å². The van der Waals surface area contributed by atoms with Crippen molar-refractivity contribution >= 4 is 51.8 Å². The van der Waals surface area contributed by atoms with E-state index >= 15 is 0 Å². The van der Waals surface area contributed by atoms with Gasteiger partial charge < -0.3 is 19.4 Å². The van der Waals surface area contributed by atoms with E-state index in [-0.39, 0.29) is 17.7 Å². The Balaban J connectivity index is 1.26. The number of thioether (sulfide) groups is 1. The molecular formula is C21H20N4O4S2. The average Bonchev–Trinajstić information content (AvgIpc) is 3.54. The number of benzene rings is 1. The number of hydrogen-bond donors (Lipinski definition) is 2. The fourth-order valence-corrected chi connectivity index (χ4v) is 5.27. The van der Waals surface area contributed by atoms with Crippen molar-refractivity contribution in [1.29, 1.82) is 0 Å². The summed E-state index contributed by atoms with van der Waals surface area (Å²) in [5.74, 6) is 0.384. The normalized spacial score (nSPS) is 20.5. The maximum atomic E-state index is 12.4. The molecule has 2 aliphatic rings. The van der Waals surface area contributed by atoms with Gasteiger partial charge in [0.15, 0.2) is 16.5 Å². The second-order valence-corrected chi connectivity index (χ2v) is 9.34. The van der Waals surface area contributed by atoms with Crippen molar-refractivity contribution in [2.45, 2.75) is 29.3 Å². The van der Waals surface area contributed by atoms with Gasteiger partial charge in [-0.15, -0.1) is 0 Å². The van der Waals surface area contributed by atoms with Crippen LogP contribution in [0.1, 0.15) is 18.6 Å². The molecule has 2 saturated heterocycles. The van der Waals surface area contributed by atoms with E-state index in [4.69, 9.17) is 4.42 Å². The van der Waals surface area contributed by atoms with Gasteiger partial charge in [0.1, 0.15) is 12.3 Å². The number of furan rings is 1. The fourth-order valence-electron chi connectivity index (χ4n) is 3.61. The molecule has 0 radical (unpaired) electrons. The molecule has 2 amide bonds. The summed E-state index contributed by atoms with van der Waals surface area (Å²) in [6, 6.07) is 11.4. The van der Waals surface area contributed by atoms with Crippen LogP contribution in [-0.2, 0) is 4.79 Å². The molecule has 4 heterocycles. The first-order chi connectivity index (χ1) is 15.1. The molecule has 10 heteroatoms. The minimum absolute atomic E-state index is 0.115. The van der Waals surface area contributed by atoms with E-state index in [9.17, 15) is 14.7 Å². The van der Waals surface area contributed by atoms with E-state index in [0.29, 0.717) is 34.0 Å². The molecule has 0 saturated carbocycles. The van der Waals surface area contributed by atoms with Crippen LogP contribution < -0.4 is 0 Å². The van der Waals surface area contributed by atoms with Crippen LogP contribution in [0.4, 0.5) is 4.79 Å². The van der Waals surface area contributed by atoms with Crippen molar-refractivity contribution in [3.63, 3.8) is 0 Å². The Hall–Kier alpha value is -2.69. The lowest BCUT2D eigenvalue weighted by molar-refractivity contribution is -0.131. The molecule has 1 atom stereocenters. The number of aliphatic hydroxyl groups is 1.